The number of nitrogens with one attached hydrogen (secondary N) is 1. The highest BCUT2D eigenvalue weighted by molar-refractivity contribution is 7.98. The summed E-state index contributed by atoms with van der Waals surface area (Å²) >= 11 is 1.59. The number of primary amides is 1. The molecule has 0 saturated heterocycles. The largest absolute Gasteiger partial charge is 0.368 e. The van der Waals surface area contributed by atoms with Crippen LogP contribution in [0.15, 0.2) is 0 Å². The number of hydrogen-bond donors (Lipinski definition) is 2. The molecule has 3 N–H and O–H groups in total. The van der Waals surface area contributed by atoms with Crippen LogP contribution in [0.2, 0.25) is 0 Å². The molecular formula is C6H12N2O2S. The first-order chi connectivity index (χ1) is 5.16. The van der Waals surface area contributed by atoms with Gasteiger partial charge in [-0.15, -0.1) is 0 Å². The van der Waals surface area contributed by atoms with Crippen molar-refractivity contribution in [1.82, 2.24) is 5.32 Å². The first-order valence-corrected chi connectivity index (χ1v) is 4.60. The van der Waals surface area contributed by atoms with E-state index in [1.165, 1.54) is 0 Å². The van der Waals surface area contributed by atoms with Crippen LogP contribution in [0.3, 0.4) is 0 Å². The summed E-state index contributed by atoms with van der Waals surface area (Å²) in [5.41, 5.74) is 4.81. The normalized spacial score (nSPS) is 9.18. The van der Waals surface area contributed by atoms with E-state index in [0.29, 0.717) is 6.42 Å². The Morgan fingerprint density at radius 1 is 1.55 bits per heavy atom. The van der Waals surface area contributed by atoms with Gasteiger partial charge in [0, 0.05) is 12.2 Å². The van der Waals surface area contributed by atoms with Crippen LogP contribution in [-0.2, 0) is 9.59 Å². The smallest absolute Gasteiger partial charge is 0.236 e. The van der Waals surface area contributed by atoms with Gasteiger partial charge in [-0.3, -0.25) is 9.59 Å². The lowest BCUT2D eigenvalue weighted by Crippen LogP contribution is -2.33. The Morgan fingerprint density at radius 3 is 2.64 bits per heavy atom. The van der Waals surface area contributed by atoms with Crippen molar-refractivity contribution < 1.29 is 9.59 Å². The van der Waals surface area contributed by atoms with Gasteiger partial charge in [-0.2, -0.15) is 11.8 Å². The van der Waals surface area contributed by atoms with E-state index in [1.54, 1.807) is 11.8 Å². The molecule has 0 bridgehead atoms. The highest BCUT2D eigenvalue weighted by Gasteiger charge is 2.00. The zero-order valence-electron chi connectivity index (χ0n) is 6.42. The van der Waals surface area contributed by atoms with Gasteiger partial charge in [0.05, 0.1) is 6.54 Å². The molecule has 0 aromatic rings. The first kappa shape index (κ1) is 10.3. The van der Waals surface area contributed by atoms with E-state index < -0.39 is 5.91 Å². The number of amides is 2. The number of rotatable bonds is 5. The second kappa shape index (κ2) is 6.03. The van der Waals surface area contributed by atoms with Crippen molar-refractivity contribution >= 4 is 23.6 Å². The van der Waals surface area contributed by atoms with Gasteiger partial charge in [0.2, 0.25) is 11.8 Å². The number of carbonyl (C=O) groups is 2. The molecular weight excluding hydrogens is 164 g/mol. The Labute approximate surface area is 69.9 Å². The highest BCUT2D eigenvalue weighted by atomic mass is 32.2. The SMILES string of the molecule is CSCCC(=O)NCC(N)=O. The van der Waals surface area contributed by atoms with Crippen LogP contribution in [0.1, 0.15) is 6.42 Å². The first-order valence-electron chi connectivity index (χ1n) is 3.20. The third kappa shape index (κ3) is 7.18. The van der Waals surface area contributed by atoms with Crippen LogP contribution in [0, 0.1) is 0 Å². The molecule has 0 saturated carbocycles. The molecule has 0 aliphatic heterocycles. The number of hydrogen-bond acceptors (Lipinski definition) is 3. The minimum absolute atomic E-state index is 0.0623. The van der Waals surface area contributed by atoms with E-state index in [2.05, 4.69) is 5.32 Å². The average molecular weight is 176 g/mol. The Bertz CT molecular complexity index is 150. The molecule has 4 nitrogen and oxygen atoms in total. The van der Waals surface area contributed by atoms with Crippen LogP contribution in [0.4, 0.5) is 0 Å². The minimum atomic E-state index is -0.512. The molecule has 0 aromatic carbocycles. The van der Waals surface area contributed by atoms with Gasteiger partial charge in [-0.25, -0.2) is 0 Å². The van der Waals surface area contributed by atoms with Gasteiger partial charge in [-0.1, -0.05) is 0 Å². The maximum atomic E-state index is 10.8. The van der Waals surface area contributed by atoms with Crippen molar-refractivity contribution in [2.45, 2.75) is 6.42 Å². The molecule has 0 rings (SSSR count). The fraction of sp³-hybridized carbons (Fsp3) is 0.667. The maximum absolute atomic E-state index is 10.8. The fourth-order valence-corrected chi connectivity index (χ4v) is 0.858. The van der Waals surface area contributed by atoms with Crippen molar-refractivity contribution in [3.8, 4) is 0 Å². The molecule has 0 aliphatic rings. The Hall–Kier alpha value is -0.710. The summed E-state index contributed by atoms with van der Waals surface area (Å²) in [4.78, 5) is 21.0. The van der Waals surface area contributed by atoms with Gasteiger partial charge in [0.1, 0.15) is 0 Å². The number of carbonyl (C=O) groups excluding carboxylic acids is 2. The minimum Gasteiger partial charge on any atom is -0.368 e. The van der Waals surface area contributed by atoms with Crippen molar-refractivity contribution in [2.24, 2.45) is 5.73 Å². The molecule has 0 heterocycles. The third-order valence-electron chi connectivity index (χ3n) is 0.993. The van der Waals surface area contributed by atoms with E-state index >= 15 is 0 Å². The quantitative estimate of drug-likeness (QED) is 0.584. The van der Waals surface area contributed by atoms with E-state index in [1.807, 2.05) is 6.26 Å². The van der Waals surface area contributed by atoms with Gasteiger partial charge < -0.3 is 11.1 Å². The zero-order valence-corrected chi connectivity index (χ0v) is 7.24. The van der Waals surface area contributed by atoms with Gasteiger partial charge in [-0.05, 0) is 6.26 Å². The molecule has 0 atom stereocenters. The summed E-state index contributed by atoms with van der Waals surface area (Å²) in [5.74, 6) is 0.130. The van der Waals surface area contributed by atoms with Crippen molar-refractivity contribution in [3.05, 3.63) is 0 Å². The molecule has 0 fully saturated rings. The third-order valence-corrected chi connectivity index (χ3v) is 1.61. The van der Waals surface area contributed by atoms with Crippen LogP contribution in [0.25, 0.3) is 0 Å². The zero-order chi connectivity index (χ0) is 8.69. The lowest BCUT2D eigenvalue weighted by atomic mass is 10.4. The van der Waals surface area contributed by atoms with Gasteiger partial charge >= 0.3 is 0 Å². The van der Waals surface area contributed by atoms with Gasteiger partial charge in [0.15, 0.2) is 0 Å². The molecule has 5 heteroatoms. The summed E-state index contributed by atoms with van der Waals surface area (Å²) in [6, 6.07) is 0. The maximum Gasteiger partial charge on any atom is 0.236 e. The van der Waals surface area contributed by atoms with Crippen LogP contribution in [-0.4, -0.2) is 30.4 Å². The summed E-state index contributed by atoms with van der Waals surface area (Å²) in [5, 5.41) is 2.39. The van der Waals surface area contributed by atoms with Gasteiger partial charge in [0.25, 0.3) is 0 Å². The topological polar surface area (TPSA) is 72.2 Å². The second-order valence-corrected chi connectivity index (χ2v) is 2.97. The van der Waals surface area contributed by atoms with E-state index in [4.69, 9.17) is 5.73 Å². The van der Waals surface area contributed by atoms with Crippen molar-refractivity contribution in [2.75, 3.05) is 18.6 Å². The summed E-state index contributed by atoms with van der Waals surface area (Å²) in [6.45, 7) is -0.0623. The second-order valence-electron chi connectivity index (χ2n) is 1.99. The Morgan fingerprint density at radius 2 is 2.18 bits per heavy atom. The molecule has 64 valence electrons. The molecule has 0 unspecified atom stereocenters. The van der Waals surface area contributed by atoms with Crippen molar-refractivity contribution in [3.63, 3.8) is 0 Å². The van der Waals surface area contributed by atoms with Crippen LogP contribution >= 0.6 is 11.8 Å². The Kier molecular flexibility index (Phi) is 5.64. The molecule has 2 amide bonds. The van der Waals surface area contributed by atoms with E-state index in [9.17, 15) is 9.59 Å². The number of nitrogens with two attached hydrogens (primary N) is 1. The summed E-state index contributed by atoms with van der Waals surface area (Å²) in [6.07, 6.45) is 2.36. The molecule has 11 heavy (non-hydrogen) atoms. The highest BCUT2D eigenvalue weighted by Crippen LogP contribution is 1.93. The summed E-state index contributed by atoms with van der Waals surface area (Å²) < 4.78 is 0. The molecule has 0 radical (unpaired) electrons. The van der Waals surface area contributed by atoms with Crippen molar-refractivity contribution in [1.29, 1.82) is 0 Å². The monoisotopic (exact) mass is 176 g/mol. The lowest BCUT2D eigenvalue weighted by molar-refractivity contribution is -0.124. The predicted octanol–water partition coefficient (Wildman–Crippen LogP) is -0.659. The molecule has 0 aromatic heterocycles. The molecule has 0 aliphatic carbocycles. The van der Waals surface area contributed by atoms with Crippen LogP contribution in [0.5, 0.6) is 0 Å². The standard InChI is InChI=1S/C6H12N2O2S/c1-11-3-2-6(10)8-4-5(7)9/h2-4H2,1H3,(H2,7,9)(H,8,10). The van der Waals surface area contributed by atoms with E-state index in [-0.39, 0.29) is 12.5 Å². The molecule has 0 spiro atoms. The summed E-state index contributed by atoms with van der Waals surface area (Å²) in [7, 11) is 0. The fourth-order valence-electron chi connectivity index (χ4n) is 0.469. The Balaban J connectivity index is 3.30. The lowest BCUT2D eigenvalue weighted by Gasteiger charge is -1.99. The van der Waals surface area contributed by atoms with E-state index in [0.717, 1.165) is 5.75 Å². The average Bonchev–Trinajstić information content (AvgIpc) is 1.97. The number of thioether (sulfide) groups is 1. The van der Waals surface area contributed by atoms with Crippen LogP contribution < -0.4 is 11.1 Å². The predicted molar refractivity (Wildman–Crippen MR) is 45.2 cm³/mol.